The first-order valence-corrected chi connectivity index (χ1v) is 6.61. The third kappa shape index (κ3) is 2.92. The maximum atomic E-state index is 9.26. The van der Waals surface area contributed by atoms with Gasteiger partial charge in [0.25, 0.3) is 0 Å². The molecule has 1 aliphatic rings. The zero-order chi connectivity index (χ0) is 13.0. The predicted octanol–water partition coefficient (Wildman–Crippen LogP) is 1.39. The number of aryl methyl sites for hydroxylation is 1. The Morgan fingerprint density at radius 3 is 2.94 bits per heavy atom. The van der Waals surface area contributed by atoms with Gasteiger partial charge in [-0.05, 0) is 42.9 Å². The van der Waals surface area contributed by atoms with Crippen molar-refractivity contribution in [2.75, 3.05) is 13.2 Å². The fraction of sp³-hybridized carbons (Fsp3) is 0.643. The van der Waals surface area contributed by atoms with Gasteiger partial charge in [-0.2, -0.15) is 5.26 Å². The number of aliphatic hydroxyl groups is 1. The normalized spacial score (nSPS) is 23.2. The molecule has 0 saturated heterocycles. The van der Waals surface area contributed by atoms with Gasteiger partial charge >= 0.3 is 0 Å². The van der Waals surface area contributed by atoms with E-state index >= 15 is 0 Å². The average Bonchev–Trinajstić information content (AvgIpc) is 2.95. The van der Waals surface area contributed by atoms with Crippen LogP contribution in [0.5, 0.6) is 0 Å². The number of nitrogens with zero attached hydrogens (tertiary/aromatic N) is 2. The lowest BCUT2D eigenvalue weighted by Crippen LogP contribution is -2.26. The van der Waals surface area contributed by atoms with Gasteiger partial charge in [-0.15, -0.1) is 0 Å². The predicted molar refractivity (Wildman–Crippen MR) is 69.8 cm³/mol. The number of hydrogen-bond acceptors (Lipinski definition) is 3. The Morgan fingerprint density at radius 1 is 1.50 bits per heavy atom. The summed E-state index contributed by atoms with van der Waals surface area (Å²) in [4.78, 5) is 0. The monoisotopic (exact) mass is 247 g/mol. The summed E-state index contributed by atoms with van der Waals surface area (Å²) in [5, 5.41) is 21.6. The second-order valence-corrected chi connectivity index (χ2v) is 5.22. The van der Waals surface area contributed by atoms with Crippen LogP contribution in [0, 0.1) is 23.2 Å². The van der Waals surface area contributed by atoms with Crippen LogP contribution in [0.25, 0.3) is 0 Å². The van der Waals surface area contributed by atoms with E-state index < -0.39 is 0 Å². The summed E-state index contributed by atoms with van der Waals surface area (Å²) in [7, 11) is 1.89. The van der Waals surface area contributed by atoms with Gasteiger partial charge in [0.1, 0.15) is 11.8 Å². The third-order valence-corrected chi connectivity index (χ3v) is 3.96. The molecule has 0 radical (unpaired) electrons. The van der Waals surface area contributed by atoms with E-state index in [1.165, 1.54) is 12.8 Å². The zero-order valence-electron chi connectivity index (χ0n) is 10.9. The smallest absolute Gasteiger partial charge is 0.120 e. The van der Waals surface area contributed by atoms with Crippen molar-refractivity contribution in [1.29, 1.82) is 5.26 Å². The molecule has 0 aliphatic heterocycles. The summed E-state index contributed by atoms with van der Waals surface area (Å²) in [6.07, 6.45) is 5.61. The van der Waals surface area contributed by atoms with Gasteiger partial charge in [-0.25, -0.2) is 0 Å². The summed E-state index contributed by atoms with van der Waals surface area (Å²) >= 11 is 0. The lowest BCUT2D eigenvalue weighted by atomic mass is 9.97. The summed E-state index contributed by atoms with van der Waals surface area (Å²) in [5.74, 6) is 1.08. The van der Waals surface area contributed by atoms with E-state index in [1.807, 2.05) is 23.9 Å². The number of nitrogens with one attached hydrogen (secondary N) is 1. The standard InChI is InChI=1S/C14H21N3O/c1-17-9-11(5-14(17)6-15)7-16-8-12-3-2-4-13(12)10-18/h5,9,12-13,16,18H,2-4,7-8,10H2,1H3. The molecule has 1 aromatic rings. The Kier molecular flexibility index (Phi) is 4.40. The molecule has 2 rings (SSSR count). The molecule has 1 aliphatic carbocycles. The average molecular weight is 247 g/mol. The van der Waals surface area contributed by atoms with Crippen molar-refractivity contribution in [3.63, 3.8) is 0 Å². The van der Waals surface area contributed by atoms with Crippen molar-refractivity contribution >= 4 is 0 Å². The molecule has 1 saturated carbocycles. The van der Waals surface area contributed by atoms with E-state index in [9.17, 15) is 5.11 Å². The molecule has 0 bridgehead atoms. The van der Waals surface area contributed by atoms with E-state index in [-0.39, 0.29) is 0 Å². The quantitative estimate of drug-likeness (QED) is 0.826. The first-order chi connectivity index (χ1) is 8.74. The Labute approximate surface area is 108 Å². The van der Waals surface area contributed by atoms with Crippen LogP contribution in [0.2, 0.25) is 0 Å². The Bertz CT molecular complexity index is 433. The van der Waals surface area contributed by atoms with Crippen LogP contribution in [-0.2, 0) is 13.6 Å². The zero-order valence-corrected chi connectivity index (χ0v) is 10.9. The molecule has 2 N–H and O–H groups in total. The van der Waals surface area contributed by atoms with E-state index in [2.05, 4.69) is 11.4 Å². The van der Waals surface area contributed by atoms with Crippen molar-refractivity contribution in [1.82, 2.24) is 9.88 Å². The largest absolute Gasteiger partial charge is 0.396 e. The van der Waals surface area contributed by atoms with Crippen molar-refractivity contribution in [2.45, 2.75) is 25.8 Å². The highest BCUT2D eigenvalue weighted by molar-refractivity contribution is 5.28. The van der Waals surface area contributed by atoms with E-state index in [4.69, 9.17) is 5.26 Å². The van der Waals surface area contributed by atoms with Gasteiger partial charge in [0.2, 0.25) is 0 Å². The van der Waals surface area contributed by atoms with Crippen LogP contribution >= 0.6 is 0 Å². The molecule has 1 heterocycles. The van der Waals surface area contributed by atoms with E-state index in [1.54, 1.807) is 0 Å². The highest BCUT2D eigenvalue weighted by atomic mass is 16.3. The lowest BCUT2D eigenvalue weighted by Gasteiger charge is -2.17. The minimum absolute atomic E-state index is 0.316. The molecule has 2 unspecified atom stereocenters. The molecule has 98 valence electrons. The van der Waals surface area contributed by atoms with E-state index in [0.717, 1.165) is 25.1 Å². The molecular formula is C14H21N3O. The van der Waals surface area contributed by atoms with Crippen LogP contribution in [-0.4, -0.2) is 22.8 Å². The van der Waals surface area contributed by atoms with Gasteiger partial charge in [-0.3, -0.25) is 0 Å². The number of nitriles is 1. The summed E-state index contributed by atoms with van der Waals surface area (Å²) in [5.41, 5.74) is 1.84. The van der Waals surface area contributed by atoms with Crippen LogP contribution in [0.1, 0.15) is 30.5 Å². The maximum absolute atomic E-state index is 9.26. The molecule has 1 aromatic heterocycles. The second kappa shape index (κ2) is 6.03. The Balaban J connectivity index is 1.79. The second-order valence-electron chi connectivity index (χ2n) is 5.22. The Hall–Kier alpha value is -1.31. The number of rotatable bonds is 5. The van der Waals surface area contributed by atoms with Crippen LogP contribution < -0.4 is 5.32 Å². The van der Waals surface area contributed by atoms with Crippen LogP contribution in [0.4, 0.5) is 0 Å². The maximum Gasteiger partial charge on any atom is 0.120 e. The topological polar surface area (TPSA) is 61.0 Å². The molecule has 0 aromatic carbocycles. The molecule has 4 heteroatoms. The molecule has 4 nitrogen and oxygen atoms in total. The van der Waals surface area contributed by atoms with Gasteiger partial charge in [-0.1, -0.05) is 6.42 Å². The first kappa shape index (κ1) is 13.1. The van der Waals surface area contributed by atoms with E-state index in [0.29, 0.717) is 24.1 Å². The molecule has 0 amide bonds. The number of aliphatic hydroxyl groups excluding tert-OH is 1. The fourth-order valence-electron chi connectivity index (χ4n) is 2.87. The Morgan fingerprint density at radius 2 is 2.28 bits per heavy atom. The minimum atomic E-state index is 0.316. The molecule has 0 spiro atoms. The van der Waals surface area contributed by atoms with Crippen LogP contribution in [0.15, 0.2) is 12.3 Å². The van der Waals surface area contributed by atoms with Gasteiger partial charge in [0.05, 0.1) is 0 Å². The van der Waals surface area contributed by atoms with Crippen molar-refractivity contribution in [3.8, 4) is 6.07 Å². The fourth-order valence-corrected chi connectivity index (χ4v) is 2.87. The first-order valence-electron chi connectivity index (χ1n) is 6.61. The summed E-state index contributed by atoms with van der Waals surface area (Å²) in [6, 6.07) is 4.09. The number of hydrogen-bond donors (Lipinski definition) is 2. The lowest BCUT2D eigenvalue weighted by molar-refractivity contribution is 0.192. The van der Waals surface area contributed by atoms with Crippen molar-refractivity contribution in [2.24, 2.45) is 18.9 Å². The molecular weight excluding hydrogens is 226 g/mol. The summed E-state index contributed by atoms with van der Waals surface area (Å²) in [6.45, 7) is 2.07. The molecule has 18 heavy (non-hydrogen) atoms. The summed E-state index contributed by atoms with van der Waals surface area (Å²) < 4.78 is 1.85. The highest BCUT2D eigenvalue weighted by Gasteiger charge is 2.25. The minimum Gasteiger partial charge on any atom is -0.396 e. The SMILES string of the molecule is Cn1cc(CNCC2CCCC2CO)cc1C#N. The van der Waals surface area contributed by atoms with Gasteiger partial charge in [0, 0.05) is 26.4 Å². The molecule has 1 fully saturated rings. The third-order valence-electron chi connectivity index (χ3n) is 3.96. The van der Waals surface area contributed by atoms with Crippen molar-refractivity contribution < 1.29 is 5.11 Å². The van der Waals surface area contributed by atoms with Gasteiger partial charge in [0.15, 0.2) is 0 Å². The van der Waals surface area contributed by atoms with Crippen LogP contribution in [0.3, 0.4) is 0 Å². The molecule has 2 atom stereocenters. The van der Waals surface area contributed by atoms with Crippen molar-refractivity contribution in [3.05, 3.63) is 23.5 Å². The number of aromatic nitrogens is 1. The highest BCUT2D eigenvalue weighted by Crippen LogP contribution is 2.30. The van der Waals surface area contributed by atoms with Gasteiger partial charge < -0.3 is 15.0 Å².